The third-order valence-electron chi connectivity index (χ3n) is 4.51. The van der Waals surface area contributed by atoms with Crippen molar-refractivity contribution in [1.82, 2.24) is 10.2 Å². The second-order valence-corrected chi connectivity index (χ2v) is 7.40. The van der Waals surface area contributed by atoms with Gasteiger partial charge in [-0.25, -0.2) is 4.79 Å². The molecule has 2 N–H and O–H groups in total. The summed E-state index contributed by atoms with van der Waals surface area (Å²) in [5, 5.41) is 12.0. The molecule has 2 amide bonds. The summed E-state index contributed by atoms with van der Waals surface area (Å²) < 4.78 is 0. The van der Waals surface area contributed by atoms with Crippen molar-refractivity contribution in [3.63, 3.8) is 0 Å². The first-order chi connectivity index (χ1) is 12.6. The van der Waals surface area contributed by atoms with Crippen LogP contribution in [0.4, 0.5) is 4.79 Å². The number of piperidine rings is 1. The lowest BCUT2D eigenvalue weighted by Crippen LogP contribution is -2.45. The fraction of sp³-hybridized carbons (Fsp3) is 0.300. The summed E-state index contributed by atoms with van der Waals surface area (Å²) >= 11 is 1.67. The van der Waals surface area contributed by atoms with Gasteiger partial charge >= 0.3 is 12.0 Å². The maximum atomic E-state index is 12.4. The van der Waals surface area contributed by atoms with Crippen molar-refractivity contribution in [2.75, 3.05) is 13.1 Å². The van der Waals surface area contributed by atoms with E-state index >= 15 is 0 Å². The fourth-order valence-corrected chi connectivity index (χ4v) is 3.94. The van der Waals surface area contributed by atoms with Crippen LogP contribution >= 0.6 is 11.8 Å². The Morgan fingerprint density at radius 2 is 1.69 bits per heavy atom. The van der Waals surface area contributed by atoms with Crippen molar-refractivity contribution in [1.29, 1.82) is 0 Å². The molecule has 6 heteroatoms. The van der Waals surface area contributed by atoms with Crippen LogP contribution in [0.1, 0.15) is 18.4 Å². The Bertz CT molecular complexity index is 759. The molecule has 0 atom stereocenters. The summed E-state index contributed by atoms with van der Waals surface area (Å²) in [6, 6.07) is 18.0. The molecule has 1 saturated heterocycles. The van der Waals surface area contributed by atoms with Gasteiger partial charge in [-0.2, -0.15) is 0 Å². The van der Waals surface area contributed by atoms with Crippen LogP contribution in [0.3, 0.4) is 0 Å². The number of benzene rings is 2. The van der Waals surface area contributed by atoms with Crippen molar-refractivity contribution in [3.05, 3.63) is 60.2 Å². The Hall–Kier alpha value is -2.47. The molecule has 1 aliphatic rings. The first kappa shape index (κ1) is 18.3. The van der Waals surface area contributed by atoms with Crippen LogP contribution in [0.15, 0.2) is 64.4 Å². The molecule has 0 aromatic heterocycles. The van der Waals surface area contributed by atoms with Crippen LogP contribution in [0.5, 0.6) is 0 Å². The quantitative estimate of drug-likeness (QED) is 0.839. The van der Waals surface area contributed by atoms with Crippen LogP contribution in [-0.4, -0.2) is 35.1 Å². The van der Waals surface area contributed by atoms with Gasteiger partial charge in [-0.1, -0.05) is 48.2 Å². The number of carboxylic acid groups (broad SMARTS) is 1. The monoisotopic (exact) mass is 370 g/mol. The minimum atomic E-state index is -0.767. The summed E-state index contributed by atoms with van der Waals surface area (Å²) in [6.07, 6.45) is 1.03. The summed E-state index contributed by atoms with van der Waals surface area (Å²) in [6.45, 7) is 1.43. The SMILES string of the molecule is O=C(O)C1CCN(C(=O)NCc2ccccc2Sc2ccccc2)CC1. The van der Waals surface area contributed by atoms with Crippen LogP contribution < -0.4 is 5.32 Å². The van der Waals surface area contributed by atoms with Gasteiger partial charge in [0.2, 0.25) is 0 Å². The van der Waals surface area contributed by atoms with Gasteiger partial charge in [0.1, 0.15) is 0 Å². The molecule has 1 fully saturated rings. The van der Waals surface area contributed by atoms with E-state index in [2.05, 4.69) is 23.5 Å². The zero-order chi connectivity index (χ0) is 18.4. The average Bonchev–Trinajstić information content (AvgIpc) is 2.68. The molecule has 5 nitrogen and oxygen atoms in total. The van der Waals surface area contributed by atoms with Crippen molar-refractivity contribution < 1.29 is 14.7 Å². The highest BCUT2D eigenvalue weighted by molar-refractivity contribution is 7.99. The Morgan fingerprint density at radius 3 is 2.38 bits per heavy atom. The minimum absolute atomic E-state index is 0.131. The Labute approximate surface area is 157 Å². The van der Waals surface area contributed by atoms with E-state index in [0.29, 0.717) is 32.5 Å². The molecule has 2 aromatic rings. The molecule has 1 aliphatic heterocycles. The number of carbonyl (C=O) groups is 2. The smallest absolute Gasteiger partial charge is 0.317 e. The van der Waals surface area contributed by atoms with Gasteiger partial charge in [0, 0.05) is 29.4 Å². The Morgan fingerprint density at radius 1 is 1.04 bits per heavy atom. The number of hydrogen-bond donors (Lipinski definition) is 2. The van der Waals surface area contributed by atoms with Gasteiger partial charge in [-0.3, -0.25) is 4.79 Å². The number of nitrogens with one attached hydrogen (secondary N) is 1. The van der Waals surface area contributed by atoms with Crippen LogP contribution in [0.25, 0.3) is 0 Å². The maximum absolute atomic E-state index is 12.4. The topological polar surface area (TPSA) is 69.6 Å². The number of carbonyl (C=O) groups excluding carboxylic acids is 1. The third kappa shape index (κ3) is 4.79. The zero-order valence-electron chi connectivity index (χ0n) is 14.4. The standard InChI is InChI=1S/C20H22N2O3S/c23-19(24)15-10-12-22(13-11-15)20(25)21-14-16-6-4-5-9-18(16)26-17-7-2-1-3-8-17/h1-9,15H,10-14H2,(H,21,25)(H,23,24). The highest BCUT2D eigenvalue weighted by atomic mass is 32.2. The van der Waals surface area contributed by atoms with Gasteiger partial charge in [-0.15, -0.1) is 0 Å². The minimum Gasteiger partial charge on any atom is -0.481 e. The van der Waals surface area contributed by atoms with E-state index in [9.17, 15) is 9.59 Å². The molecule has 0 aliphatic carbocycles. The van der Waals surface area contributed by atoms with E-state index in [1.807, 2.05) is 36.4 Å². The first-order valence-electron chi connectivity index (χ1n) is 8.70. The molecule has 26 heavy (non-hydrogen) atoms. The molecule has 0 bridgehead atoms. The van der Waals surface area contributed by atoms with Crippen molar-refractivity contribution in [2.45, 2.75) is 29.2 Å². The number of amides is 2. The molecule has 0 unspecified atom stereocenters. The Balaban J connectivity index is 1.56. The van der Waals surface area contributed by atoms with Crippen LogP contribution in [-0.2, 0) is 11.3 Å². The van der Waals surface area contributed by atoms with E-state index < -0.39 is 5.97 Å². The van der Waals surface area contributed by atoms with Gasteiger partial charge in [0.25, 0.3) is 0 Å². The Kier molecular flexibility index (Phi) is 6.17. The largest absolute Gasteiger partial charge is 0.481 e. The molecule has 2 aromatic carbocycles. The molecule has 0 spiro atoms. The van der Waals surface area contributed by atoms with Crippen molar-refractivity contribution >= 4 is 23.8 Å². The van der Waals surface area contributed by atoms with Crippen LogP contribution in [0.2, 0.25) is 0 Å². The highest BCUT2D eigenvalue weighted by Crippen LogP contribution is 2.30. The van der Waals surface area contributed by atoms with Crippen molar-refractivity contribution in [2.24, 2.45) is 5.92 Å². The number of likely N-dealkylation sites (tertiary alicyclic amines) is 1. The number of rotatable bonds is 5. The number of carboxylic acids is 1. The average molecular weight is 370 g/mol. The van der Waals surface area contributed by atoms with E-state index in [4.69, 9.17) is 5.11 Å². The van der Waals surface area contributed by atoms with E-state index in [0.717, 1.165) is 15.4 Å². The lowest BCUT2D eigenvalue weighted by atomic mass is 9.97. The zero-order valence-corrected chi connectivity index (χ0v) is 15.2. The van der Waals surface area contributed by atoms with E-state index in [1.54, 1.807) is 16.7 Å². The molecule has 3 rings (SSSR count). The highest BCUT2D eigenvalue weighted by Gasteiger charge is 2.26. The van der Waals surface area contributed by atoms with Gasteiger partial charge in [0.15, 0.2) is 0 Å². The van der Waals surface area contributed by atoms with Gasteiger partial charge in [0.05, 0.1) is 5.92 Å². The molecular formula is C20H22N2O3S. The molecule has 1 heterocycles. The fourth-order valence-electron chi connectivity index (χ4n) is 2.98. The number of hydrogen-bond acceptors (Lipinski definition) is 3. The normalized spacial score (nSPS) is 14.8. The van der Waals surface area contributed by atoms with Gasteiger partial charge < -0.3 is 15.3 Å². The molecule has 0 radical (unpaired) electrons. The van der Waals surface area contributed by atoms with E-state index in [1.165, 1.54) is 0 Å². The molecule has 136 valence electrons. The van der Waals surface area contributed by atoms with Crippen molar-refractivity contribution in [3.8, 4) is 0 Å². The first-order valence-corrected chi connectivity index (χ1v) is 9.51. The second-order valence-electron chi connectivity index (χ2n) is 6.28. The predicted molar refractivity (Wildman–Crippen MR) is 101 cm³/mol. The number of urea groups is 1. The maximum Gasteiger partial charge on any atom is 0.317 e. The molecule has 0 saturated carbocycles. The summed E-state index contributed by atoms with van der Waals surface area (Å²) in [5.74, 6) is -1.10. The molecular weight excluding hydrogens is 348 g/mol. The lowest BCUT2D eigenvalue weighted by molar-refractivity contribution is -0.143. The predicted octanol–water partition coefficient (Wildman–Crippen LogP) is 3.84. The second kappa shape index (κ2) is 8.76. The summed E-state index contributed by atoms with van der Waals surface area (Å²) in [4.78, 5) is 27.4. The lowest BCUT2D eigenvalue weighted by Gasteiger charge is -2.30. The summed E-state index contributed by atoms with van der Waals surface area (Å²) in [5.41, 5.74) is 1.06. The number of aliphatic carboxylic acids is 1. The van der Waals surface area contributed by atoms with Crippen LogP contribution in [0, 0.1) is 5.92 Å². The summed E-state index contributed by atoms with van der Waals surface area (Å²) in [7, 11) is 0. The van der Waals surface area contributed by atoms with E-state index in [-0.39, 0.29) is 11.9 Å². The number of nitrogens with zero attached hydrogens (tertiary/aromatic N) is 1. The van der Waals surface area contributed by atoms with Gasteiger partial charge in [-0.05, 0) is 36.6 Å². The third-order valence-corrected chi connectivity index (χ3v) is 5.63.